The first kappa shape index (κ1) is 19.5. The fraction of sp³-hybridized carbons (Fsp3) is 0.353. The van der Waals surface area contributed by atoms with Crippen molar-refractivity contribution in [2.24, 2.45) is 7.05 Å². The quantitative estimate of drug-likeness (QED) is 0.744. The lowest BCUT2D eigenvalue weighted by molar-refractivity contribution is 0.0515. The van der Waals surface area contributed by atoms with E-state index in [2.05, 4.69) is 4.72 Å². The van der Waals surface area contributed by atoms with E-state index in [1.165, 1.54) is 10.6 Å². The summed E-state index contributed by atoms with van der Waals surface area (Å²) in [6.45, 7) is 3.82. The molecule has 136 valence electrons. The zero-order chi connectivity index (χ0) is 18.6. The maximum Gasteiger partial charge on any atom is 0.354 e. The number of halogens is 1. The highest BCUT2D eigenvalue weighted by Crippen LogP contribution is 2.20. The molecule has 2 aromatic rings. The molecule has 6 nitrogen and oxygen atoms in total. The van der Waals surface area contributed by atoms with Crippen LogP contribution in [0, 0.1) is 6.92 Å². The van der Waals surface area contributed by atoms with Gasteiger partial charge in [0.05, 0.1) is 6.61 Å². The molecule has 1 N–H and O–H groups in total. The molecular formula is C17H21ClN2O4S. The Morgan fingerprint density at radius 3 is 2.52 bits per heavy atom. The third-order valence-corrected chi connectivity index (χ3v) is 5.71. The van der Waals surface area contributed by atoms with Crippen molar-refractivity contribution in [2.45, 2.75) is 25.2 Å². The summed E-state index contributed by atoms with van der Waals surface area (Å²) in [5.41, 5.74) is 1.66. The smallest absolute Gasteiger partial charge is 0.354 e. The predicted molar refractivity (Wildman–Crippen MR) is 96.5 cm³/mol. The Morgan fingerprint density at radius 2 is 1.92 bits per heavy atom. The minimum Gasteiger partial charge on any atom is -0.461 e. The highest BCUT2D eigenvalue weighted by molar-refractivity contribution is 7.89. The minimum atomic E-state index is -3.72. The summed E-state index contributed by atoms with van der Waals surface area (Å²) in [6, 6.07) is 8.57. The van der Waals surface area contributed by atoms with Gasteiger partial charge in [0.1, 0.15) is 10.6 Å². The second-order valence-corrected chi connectivity index (χ2v) is 7.70. The van der Waals surface area contributed by atoms with Gasteiger partial charge in [0, 0.05) is 24.3 Å². The van der Waals surface area contributed by atoms with Gasteiger partial charge in [-0.05, 0) is 44.0 Å². The van der Waals surface area contributed by atoms with Crippen LogP contribution in [-0.4, -0.2) is 32.1 Å². The summed E-state index contributed by atoms with van der Waals surface area (Å²) < 4.78 is 34.1. The van der Waals surface area contributed by atoms with E-state index >= 15 is 0 Å². The van der Waals surface area contributed by atoms with Crippen molar-refractivity contribution in [3.05, 3.63) is 52.3 Å². The number of nitrogens with one attached hydrogen (secondary N) is 1. The van der Waals surface area contributed by atoms with Crippen LogP contribution in [0.2, 0.25) is 5.02 Å². The Balaban J connectivity index is 2.12. The minimum absolute atomic E-state index is 0.0779. The molecule has 0 saturated heterocycles. The van der Waals surface area contributed by atoms with E-state index in [1.54, 1.807) is 33.0 Å². The molecule has 1 aromatic heterocycles. The van der Waals surface area contributed by atoms with Crippen LogP contribution >= 0.6 is 11.6 Å². The second-order valence-electron chi connectivity index (χ2n) is 5.53. The van der Waals surface area contributed by atoms with E-state index in [0.29, 0.717) is 17.1 Å². The van der Waals surface area contributed by atoms with E-state index < -0.39 is 16.0 Å². The Labute approximate surface area is 152 Å². The van der Waals surface area contributed by atoms with E-state index in [9.17, 15) is 13.2 Å². The first-order valence-electron chi connectivity index (χ1n) is 7.83. The van der Waals surface area contributed by atoms with Crippen molar-refractivity contribution >= 4 is 27.6 Å². The molecule has 8 heteroatoms. The van der Waals surface area contributed by atoms with Crippen LogP contribution in [0.3, 0.4) is 0 Å². The normalized spacial score (nSPS) is 11.5. The molecule has 2 rings (SSSR count). The fourth-order valence-electron chi connectivity index (χ4n) is 2.40. The van der Waals surface area contributed by atoms with Crippen molar-refractivity contribution in [1.29, 1.82) is 0 Å². The largest absolute Gasteiger partial charge is 0.461 e. The van der Waals surface area contributed by atoms with Crippen LogP contribution in [-0.2, 0) is 28.2 Å². The highest BCUT2D eigenvalue weighted by Gasteiger charge is 2.24. The van der Waals surface area contributed by atoms with Gasteiger partial charge in [-0.15, -0.1) is 0 Å². The molecule has 0 unspecified atom stereocenters. The van der Waals surface area contributed by atoms with Crippen LogP contribution in [0.4, 0.5) is 0 Å². The van der Waals surface area contributed by atoms with Crippen LogP contribution in [0.15, 0.2) is 35.2 Å². The maximum absolute atomic E-state index is 12.5. The number of aromatic nitrogens is 1. The van der Waals surface area contributed by atoms with Gasteiger partial charge in [0.25, 0.3) is 0 Å². The molecule has 0 spiro atoms. The number of esters is 1. The number of carbonyl (C=O) groups is 1. The van der Waals surface area contributed by atoms with Gasteiger partial charge in [-0.25, -0.2) is 17.9 Å². The first-order chi connectivity index (χ1) is 11.8. The second kappa shape index (κ2) is 8.03. The number of nitrogens with zero attached hydrogens (tertiary/aromatic N) is 1. The molecule has 1 aromatic carbocycles. The van der Waals surface area contributed by atoms with Gasteiger partial charge in [-0.3, -0.25) is 0 Å². The number of benzene rings is 1. The molecular weight excluding hydrogens is 364 g/mol. The molecule has 0 atom stereocenters. The molecule has 0 bridgehead atoms. The predicted octanol–water partition coefficient (Wildman–Crippen LogP) is 2.68. The number of hydrogen-bond acceptors (Lipinski definition) is 4. The standard InChI is InChI=1S/C17H21ClN2O4S/c1-4-24-17(21)15-11-16(12(2)20(15)3)25(22,23)19-10-9-13-5-7-14(18)8-6-13/h5-8,11,19H,4,9-10H2,1-3H3. The molecule has 0 saturated carbocycles. The average molecular weight is 385 g/mol. The Bertz CT molecular complexity index is 858. The van der Waals surface area contributed by atoms with E-state index in [4.69, 9.17) is 16.3 Å². The van der Waals surface area contributed by atoms with Crippen LogP contribution in [0.5, 0.6) is 0 Å². The zero-order valence-corrected chi connectivity index (χ0v) is 15.9. The lowest BCUT2D eigenvalue weighted by Crippen LogP contribution is -2.26. The van der Waals surface area contributed by atoms with Gasteiger partial charge in [-0.1, -0.05) is 23.7 Å². The third kappa shape index (κ3) is 4.62. The van der Waals surface area contributed by atoms with Crippen molar-refractivity contribution in [2.75, 3.05) is 13.2 Å². The summed E-state index contributed by atoms with van der Waals surface area (Å²) in [4.78, 5) is 12.0. The number of ether oxygens (including phenoxy) is 1. The number of hydrogen-bond donors (Lipinski definition) is 1. The highest BCUT2D eigenvalue weighted by atomic mass is 35.5. The molecule has 1 heterocycles. The molecule has 0 aliphatic rings. The van der Waals surface area contributed by atoms with E-state index in [1.807, 2.05) is 12.1 Å². The van der Waals surface area contributed by atoms with Gasteiger partial charge in [0.2, 0.25) is 10.0 Å². The lowest BCUT2D eigenvalue weighted by Gasteiger charge is -2.07. The van der Waals surface area contributed by atoms with Crippen LogP contribution < -0.4 is 4.72 Å². The van der Waals surface area contributed by atoms with Crippen molar-refractivity contribution < 1.29 is 17.9 Å². The molecule has 0 aliphatic heterocycles. The third-order valence-electron chi connectivity index (χ3n) is 3.88. The molecule has 0 fully saturated rings. The Hall–Kier alpha value is -1.83. The van der Waals surface area contributed by atoms with Crippen molar-refractivity contribution in [1.82, 2.24) is 9.29 Å². The van der Waals surface area contributed by atoms with Crippen molar-refractivity contribution in [3.63, 3.8) is 0 Å². The fourth-order valence-corrected chi connectivity index (χ4v) is 3.85. The number of carbonyl (C=O) groups excluding carboxylic acids is 1. The maximum atomic E-state index is 12.5. The van der Waals surface area contributed by atoms with Crippen LogP contribution in [0.1, 0.15) is 28.7 Å². The van der Waals surface area contributed by atoms with Gasteiger partial charge in [-0.2, -0.15) is 0 Å². The first-order valence-corrected chi connectivity index (χ1v) is 9.70. The molecule has 0 amide bonds. The molecule has 25 heavy (non-hydrogen) atoms. The monoisotopic (exact) mass is 384 g/mol. The number of rotatable bonds is 7. The summed E-state index contributed by atoms with van der Waals surface area (Å²) in [6.07, 6.45) is 0.535. The van der Waals surface area contributed by atoms with Gasteiger partial charge >= 0.3 is 5.97 Å². The van der Waals surface area contributed by atoms with Crippen LogP contribution in [0.25, 0.3) is 0 Å². The average Bonchev–Trinajstić information content (AvgIpc) is 2.86. The number of sulfonamides is 1. The van der Waals surface area contributed by atoms with Gasteiger partial charge < -0.3 is 9.30 Å². The summed E-state index contributed by atoms with van der Waals surface area (Å²) >= 11 is 5.83. The lowest BCUT2D eigenvalue weighted by atomic mass is 10.2. The molecule has 0 radical (unpaired) electrons. The SMILES string of the molecule is CCOC(=O)c1cc(S(=O)(=O)NCCc2ccc(Cl)cc2)c(C)n1C. The van der Waals surface area contributed by atoms with E-state index in [-0.39, 0.29) is 23.7 Å². The topological polar surface area (TPSA) is 77.4 Å². The van der Waals surface area contributed by atoms with Gasteiger partial charge in [0.15, 0.2) is 0 Å². The molecule has 0 aliphatic carbocycles. The summed E-state index contributed by atoms with van der Waals surface area (Å²) in [7, 11) is -2.09. The Morgan fingerprint density at radius 1 is 1.28 bits per heavy atom. The Kier molecular flexibility index (Phi) is 6.26. The zero-order valence-electron chi connectivity index (χ0n) is 14.4. The summed E-state index contributed by atoms with van der Waals surface area (Å²) in [5.74, 6) is -0.546. The van der Waals surface area contributed by atoms with E-state index in [0.717, 1.165) is 5.56 Å². The van der Waals surface area contributed by atoms with Crippen molar-refractivity contribution in [3.8, 4) is 0 Å². The summed E-state index contributed by atoms with van der Waals surface area (Å²) in [5, 5.41) is 0.635.